The Morgan fingerprint density at radius 3 is 2.33 bits per heavy atom. The molecule has 0 aromatic heterocycles. The van der Waals surface area contributed by atoms with Gasteiger partial charge < -0.3 is 10.0 Å². The van der Waals surface area contributed by atoms with Gasteiger partial charge in [-0.25, -0.2) is 0 Å². The molecule has 0 spiro atoms. The predicted molar refractivity (Wildman–Crippen MR) is 68.6 cm³/mol. The van der Waals surface area contributed by atoms with Crippen LogP contribution in [0.1, 0.15) is 24.0 Å². The molecule has 0 radical (unpaired) electrons. The largest absolute Gasteiger partial charge is 0.480 e. The minimum atomic E-state index is -1.17. The maximum Gasteiger partial charge on any atom is 0.319 e. The number of carbonyl (C=O) groups is 2. The van der Waals surface area contributed by atoms with Crippen molar-refractivity contribution in [3.63, 3.8) is 0 Å². The molecule has 0 bridgehead atoms. The smallest absolute Gasteiger partial charge is 0.319 e. The van der Waals surface area contributed by atoms with Crippen molar-refractivity contribution in [2.45, 2.75) is 26.7 Å². The van der Waals surface area contributed by atoms with E-state index in [0.717, 1.165) is 16.8 Å². The van der Waals surface area contributed by atoms with Crippen molar-refractivity contribution in [1.82, 2.24) is 0 Å². The first-order chi connectivity index (χ1) is 8.38. The number of amides is 1. The Labute approximate surface area is 106 Å². The van der Waals surface area contributed by atoms with Crippen LogP contribution in [-0.4, -0.2) is 24.0 Å². The van der Waals surface area contributed by atoms with Gasteiger partial charge in [-0.15, -0.1) is 0 Å². The fourth-order valence-electron chi connectivity index (χ4n) is 2.26. The number of rotatable bonds is 3. The predicted octanol–water partition coefficient (Wildman–Crippen LogP) is 2.13. The van der Waals surface area contributed by atoms with Crippen molar-refractivity contribution < 1.29 is 14.7 Å². The molecular weight excluding hydrogens is 230 g/mol. The van der Waals surface area contributed by atoms with E-state index in [-0.39, 0.29) is 5.91 Å². The lowest BCUT2D eigenvalue weighted by molar-refractivity contribution is -0.148. The van der Waals surface area contributed by atoms with E-state index < -0.39 is 11.4 Å². The zero-order valence-electron chi connectivity index (χ0n) is 10.9. The van der Waals surface area contributed by atoms with Gasteiger partial charge in [-0.1, -0.05) is 17.7 Å². The van der Waals surface area contributed by atoms with Gasteiger partial charge >= 0.3 is 5.97 Å². The highest BCUT2D eigenvalue weighted by Crippen LogP contribution is 2.48. The van der Waals surface area contributed by atoms with E-state index in [9.17, 15) is 9.59 Å². The van der Waals surface area contributed by atoms with E-state index >= 15 is 0 Å². The molecule has 0 heterocycles. The zero-order valence-corrected chi connectivity index (χ0v) is 10.9. The summed E-state index contributed by atoms with van der Waals surface area (Å²) in [5.74, 6) is -1.33. The maximum absolute atomic E-state index is 12.3. The van der Waals surface area contributed by atoms with Gasteiger partial charge in [0.1, 0.15) is 5.41 Å². The quantitative estimate of drug-likeness (QED) is 0.832. The van der Waals surface area contributed by atoms with Gasteiger partial charge in [-0.05, 0) is 38.3 Å². The SMILES string of the molecule is Cc1ccc(N(C)C(=O)C2(C(=O)O)CC2)c(C)c1. The van der Waals surface area contributed by atoms with Crippen LogP contribution < -0.4 is 4.90 Å². The second kappa shape index (κ2) is 4.12. The average Bonchev–Trinajstić information content (AvgIpc) is 3.08. The summed E-state index contributed by atoms with van der Waals surface area (Å²) in [4.78, 5) is 24.9. The fourth-order valence-corrected chi connectivity index (χ4v) is 2.26. The number of hydrogen-bond donors (Lipinski definition) is 1. The van der Waals surface area contributed by atoms with Gasteiger partial charge in [-0.3, -0.25) is 9.59 Å². The summed E-state index contributed by atoms with van der Waals surface area (Å²) < 4.78 is 0. The van der Waals surface area contributed by atoms with Crippen molar-refractivity contribution in [3.8, 4) is 0 Å². The molecule has 0 unspecified atom stereocenters. The molecule has 1 saturated carbocycles. The van der Waals surface area contributed by atoms with Crippen molar-refractivity contribution in [2.75, 3.05) is 11.9 Å². The Kier molecular flexibility index (Phi) is 2.89. The molecule has 1 fully saturated rings. The summed E-state index contributed by atoms with van der Waals surface area (Å²) in [7, 11) is 1.64. The number of hydrogen-bond acceptors (Lipinski definition) is 2. The van der Waals surface area contributed by atoms with E-state index in [4.69, 9.17) is 5.11 Å². The van der Waals surface area contributed by atoms with E-state index in [1.54, 1.807) is 7.05 Å². The minimum absolute atomic E-state index is 0.318. The van der Waals surface area contributed by atoms with Crippen LogP contribution >= 0.6 is 0 Å². The summed E-state index contributed by atoms with van der Waals surface area (Å²) in [5, 5.41) is 9.14. The molecular formula is C14H17NO3. The van der Waals surface area contributed by atoms with Crippen molar-refractivity contribution in [2.24, 2.45) is 5.41 Å². The van der Waals surface area contributed by atoms with Crippen LogP contribution in [0.2, 0.25) is 0 Å². The van der Waals surface area contributed by atoms with Gasteiger partial charge in [0.15, 0.2) is 0 Å². The molecule has 1 amide bonds. The van der Waals surface area contributed by atoms with Crippen LogP contribution in [0.5, 0.6) is 0 Å². The Morgan fingerprint density at radius 1 is 1.28 bits per heavy atom. The summed E-state index contributed by atoms with van der Waals surface area (Å²) in [5.41, 5.74) is 1.70. The lowest BCUT2D eigenvalue weighted by atomic mass is 10.0. The highest BCUT2D eigenvalue weighted by atomic mass is 16.4. The Morgan fingerprint density at radius 2 is 1.89 bits per heavy atom. The monoisotopic (exact) mass is 247 g/mol. The molecule has 0 atom stereocenters. The maximum atomic E-state index is 12.3. The van der Waals surface area contributed by atoms with Crippen LogP contribution in [0.4, 0.5) is 5.69 Å². The standard InChI is InChI=1S/C14H17NO3/c1-9-4-5-11(10(2)8-9)15(3)12(16)14(6-7-14)13(17)18/h4-5,8H,6-7H2,1-3H3,(H,17,18). The molecule has 2 rings (SSSR count). The molecule has 18 heavy (non-hydrogen) atoms. The third-order valence-electron chi connectivity index (χ3n) is 3.59. The van der Waals surface area contributed by atoms with Gasteiger partial charge in [-0.2, -0.15) is 0 Å². The third kappa shape index (κ3) is 1.88. The number of carboxylic acid groups (broad SMARTS) is 1. The lowest BCUT2D eigenvalue weighted by Crippen LogP contribution is -2.38. The number of carbonyl (C=O) groups excluding carboxylic acids is 1. The minimum Gasteiger partial charge on any atom is -0.480 e. The molecule has 1 aromatic rings. The number of aryl methyl sites for hydroxylation is 2. The first-order valence-corrected chi connectivity index (χ1v) is 5.97. The van der Waals surface area contributed by atoms with Gasteiger partial charge in [0.2, 0.25) is 5.91 Å². The van der Waals surface area contributed by atoms with Crippen molar-refractivity contribution in [1.29, 1.82) is 0 Å². The van der Waals surface area contributed by atoms with Crippen LogP contribution in [-0.2, 0) is 9.59 Å². The first-order valence-electron chi connectivity index (χ1n) is 5.97. The van der Waals surface area contributed by atoms with E-state index in [1.807, 2.05) is 32.0 Å². The number of nitrogens with zero attached hydrogens (tertiary/aromatic N) is 1. The number of benzene rings is 1. The third-order valence-corrected chi connectivity index (χ3v) is 3.59. The first kappa shape index (κ1) is 12.6. The van der Waals surface area contributed by atoms with Crippen LogP contribution in [0.15, 0.2) is 18.2 Å². The number of anilines is 1. The molecule has 4 heteroatoms. The van der Waals surface area contributed by atoms with Crippen LogP contribution in [0.3, 0.4) is 0 Å². The second-order valence-corrected chi connectivity index (χ2v) is 5.04. The van der Waals surface area contributed by atoms with E-state index in [2.05, 4.69) is 0 Å². The fraction of sp³-hybridized carbons (Fsp3) is 0.429. The summed E-state index contributed by atoms with van der Waals surface area (Å²) >= 11 is 0. The molecule has 4 nitrogen and oxygen atoms in total. The molecule has 1 aromatic carbocycles. The topological polar surface area (TPSA) is 57.6 Å². The zero-order chi connectivity index (χ0) is 13.5. The van der Waals surface area contributed by atoms with Gasteiger partial charge in [0.25, 0.3) is 0 Å². The van der Waals surface area contributed by atoms with Crippen LogP contribution in [0, 0.1) is 19.3 Å². The van der Waals surface area contributed by atoms with Gasteiger partial charge in [0.05, 0.1) is 0 Å². The summed E-state index contributed by atoms with van der Waals surface area (Å²) in [6.45, 7) is 3.91. The van der Waals surface area contributed by atoms with Crippen molar-refractivity contribution in [3.05, 3.63) is 29.3 Å². The summed E-state index contributed by atoms with van der Waals surface area (Å²) in [6, 6.07) is 5.77. The summed E-state index contributed by atoms with van der Waals surface area (Å²) in [6.07, 6.45) is 0.882. The number of aliphatic carboxylic acids is 1. The molecule has 1 aliphatic rings. The van der Waals surface area contributed by atoms with E-state index in [1.165, 1.54) is 4.90 Å². The van der Waals surface area contributed by atoms with Crippen molar-refractivity contribution >= 4 is 17.6 Å². The highest BCUT2D eigenvalue weighted by molar-refractivity contribution is 6.11. The molecule has 0 aliphatic heterocycles. The average molecular weight is 247 g/mol. The Bertz CT molecular complexity index is 518. The molecule has 1 aliphatic carbocycles. The Hall–Kier alpha value is -1.84. The van der Waals surface area contributed by atoms with Crippen LogP contribution in [0.25, 0.3) is 0 Å². The second-order valence-electron chi connectivity index (χ2n) is 5.04. The molecule has 0 saturated heterocycles. The van der Waals surface area contributed by atoms with E-state index in [0.29, 0.717) is 12.8 Å². The molecule has 96 valence electrons. The lowest BCUT2D eigenvalue weighted by Gasteiger charge is -2.23. The molecule has 1 N–H and O–H groups in total. The Balaban J connectivity index is 2.29. The van der Waals surface area contributed by atoms with Gasteiger partial charge in [0, 0.05) is 12.7 Å². The highest BCUT2D eigenvalue weighted by Gasteiger charge is 2.58. The number of carboxylic acids is 1. The normalized spacial score (nSPS) is 16.2.